The molecule has 0 aliphatic carbocycles. The normalized spacial score (nSPS) is 15.5. The Labute approximate surface area is 177 Å². The summed E-state index contributed by atoms with van der Waals surface area (Å²) in [5.74, 6) is -1.18. The van der Waals surface area contributed by atoms with Crippen molar-refractivity contribution in [2.75, 3.05) is 5.01 Å². The quantitative estimate of drug-likeness (QED) is 0.339. The van der Waals surface area contributed by atoms with Gasteiger partial charge in [0.15, 0.2) is 0 Å². The Bertz CT molecular complexity index is 1270. The van der Waals surface area contributed by atoms with E-state index >= 15 is 0 Å². The van der Waals surface area contributed by atoms with E-state index in [-0.39, 0.29) is 17.0 Å². The summed E-state index contributed by atoms with van der Waals surface area (Å²) >= 11 is 0. The number of H-pyrrole nitrogens is 1. The third-order valence-corrected chi connectivity index (χ3v) is 4.58. The molecule has 1 fully saturated rings. The SMILES string of the molecule is O=C1NN(c2ccccc2)C(=O)/C1=C/C=C/C=C/c1c(O)n(-c2ccccc2)[nH]c1=O. The van der Waals surface area contributed by atoms with E-state index < -0.39 is 17.4 Å². The van der Waals surface area contributed by atoms with Gasteiger partial charge in [0.2, 0.25) is 5.88 Å². The smallest absolute Gasteiger partial charge is 0.282 e. The fourth-order valence-electron chi connectivity index (χ4n) is 3.05. The number of carbonyl (C=O) groups is 2. The number of nitrogens with zero attached hydrogens (tertiary/aromatic N) is 2. The summed E-state index contributed by atoms with van der Waals surface area (Å²) in [6.07, 6.45) is 7.43. The minimum Gasteiger partial charge on any atom is -0.493 e. The molecule has 3 N–H and O–H groups in total. The monoisotopic (exact) mass is 414 g/mol. The summed E-state index contributed by atoms with van der Waals surface area (Å²) in [6, 6.07) is 17.7. The summed E-state index contributed by atoms with van der Waals surface area (Å²) in [7, 11) is 0. The van der Waals surface area contributed by atoms with E-state index in [2.05, 4.69) is 10.5 Å². The molecule has 2 amide bonds. The molecule has 31 heavy (non-hydrogen) atoms. The zero-order chi connectivity index (χ0) is 21.8. The number of para-hydroxylation sites is 2. The molecular formula is C23H18N4O4. The fourth-order valence-corrected chi connectivity index (χ4v) is 3.05. The maximum Gasteiger partial charge on any atom is 0.282 e. The van der Waals surface area contributed by atoms with Crippen LogP contribution < -0.4 is 16.0 Å². The zero-order valence-corrected chi connectivity index (χ0v) is 16.2. The first-order valence-electron chi connectivity index (χ1n) is 9.41. The van der Waals surface area contributed by atoms with Crippen molar-refractivity contribution in [1.29, 1.82) is 0 Å². The molecule has 8 heteroatoms. The number of allylic oxidation sites excluding steroid dienone is 4. The lowest BCUT2D eigenvalue weighted by atomic mass is 10.2. The molecule has 0 bridgehead atoms. The van der Waals surface area contributed by atoms with Gasteiger partial charge < -0.3 is 5.11 Å². The van der Waals surface area contributed by atoms with Crippen LogP contribution >= 0.6 is 0 Å². The van der Waals surface area contributed by atoms with Crippen molar-refractivity contribution >= 4 is 23.6 Å². The first-order chi connectivity index (χ1) is 15.1. The molecule has 1 aromatic heterocycles. The van der Waals surface area contributed by atoms with Gasteiger partial charge in [-0.05, 0) is 36.4 Å². The van der Waals surface area contributed by atoms with Crippen LogP contribution in [0.5, 0.6) is 5.88 Å². The molecular weight excluding hydrogens is 396 g/mol. The van der Waals surface area contributed by atoms with Crippen LogP contribution in [-0.2, 0) is 9.59 Å². The van der Waals surface area contributed by atoms with Crippen LogP contribution in [-0.4, -0.2) is 26.7 Å². The molecule has 154 valence electrons. The van der Waals surface area contributed by atoms with Gasteiger partial charge in [-0.3, -0.25) is 24.9 Å². The van der Waals surface area contributed by atoms with Crippen LogP contribution in [0.2, 0.25) is 0 Å². The summed E-state index contributed by atoms with van der Waals surface area (Å²) in [5, 5.41) is 14.1. The van der Waals surface area contributed by atoms with Crippen LogP contribution in [0.25, 0.3) is 11.8 Å². The number of hydrogen-bond donors (Lipinski definition) is 3. The maximum atomic E-state index is 12.5. The Hall–Kier alpha value is -4.59. The Balaban J connectivity index is 1.49. The number of nitrogens with one attached hydrogen (secondary N) is 2. The molecule has 3 aromatic rings. The van der Waals surface area contributed by atoms with Crippen molar-refractivity contribution in [3.05, 3.63) is 106 Å². The minimum absolute atomic E-state index is 0.00979. The van der Waals surface area contributed by atoms with Gasteiger partial charge in [0, 0.05) is 0 Å². The van der Waals surface area contributed by atoms with Gasteiger partial charge in [-0.15, -0.1) is 0 Å². The number of hydrogen-bond acceptors (Lipinski definition) is 4. The van der Waals surface area contributed by atoms with Crippen molar-refractivity contribution in [2.45, 2.75) is 0 Å². The van der Waals surface area contributed by atoms with Crippen LogP contribution in [0.15, 0.2) is 95.3 Å². The van der Waals surface area contributed by atoms with Crippen molar-refractivity contribution in [3.63, 3.8) is 0 Å². The standard InChI is InChI=1S/C23H18N4O4/c28-20-18(22(30)26(24-20)16-10-4-1-5-11-16)14-8-3-9-15-19-21(29)25-27(23(19)31)17-12-6-2-7-13-17/h1-15,30H,(H,24,28)(H,25,29)/b9-3+,14-8+,19-15+. The number of hydrazine groups is 1. The van der Waals surface area contributed by atoms with Crippen molar-refractivity contribution in [1.82, 2.24) is 15.2 Å². The van der Waals surface area contributed by atoms with Crippen LogP contribution in [0.1, 0.15) is 5.56 Å². The van der Waals surface area contributed by atoms with E-state index in [4.69, 9.17) is 0 Å². The number of benzene rings is 2. The van der Waals surface area contributed by atoms with E-state index in [1.165, 1.54) is 34.0 Å². The highest BCUT2D eigenvalue weighted by Gasteiger charge is 2.33. The molecule has 4 rings (SSSR count). The zero-order valence-electron chi connectivity index (χ0n) is 16.2. The molecule has 0 spiro atoms. The molecule has 0 saturated carbocycles. The molecule has 1 aliphatic heterocycles. The van der Waals surface area contributed by atoms with E-state index in [0.29, 0.717) is 11.4 Å². The molecule has 0 unspecified atom stereocenters. The second-order valence-electron chi connectivity index (χ2n) is 6.59. The summed E-state index contributed by atoms with van der Waals surface area (Å²) < 4.78 is 1.29. The fraction of sp³-hybridized carbons (Fsp3) is 0. The number of rotatable bonds is 5. The van der Waals surface area contributed by atoms with Gasteiger partial charge in [0.25, 0.3) is 17.4 Å². The van der Waals surface area contributed by atoms with E-state index in [9.17, 15) is 19.5 Å². The first-order valence-corrected chi connectivity index (χ1v) is 9.41. The molecule has 2 heterocycles. The second-order valence-corrected chi connectivity index (χ2v) is 6.59. The maximum absolute atomic E-state index is 12.5. The van der Waals surface area contributed by atoms with Gasteiger partial charge >= 0.3 is 0 Å². The number of anilines is 1. The Morgan fingerprint density at radius 2 is 1.45 bits per heavy atom. The Morgan fingerprint density at radius 3 is 2.13 bits per heavy atom. The highest BCUT2D eigenvalue weighted by atomic mass is 16.3. The summed E-state index contributed by atoms with van der Waals surface area (Å²) in [5.41, 5.74) is 3.32. The Kier molecular flexibility index (Phi) is 5.35. The van der Waals surface area contributed by atoms with E-state index in [0.717, 1.165) is 0 Å². The minimum atomic E-state index is -0.503. The van der Waals surface area contributed by atoms with Crippen molar-refractivity contribution < 1.29 is 14.7 Å². The van der Waals surface area contributed by atoms with E-state index in [1.54, 1.807) is 54.6 Å². The number of amides is 2. The largest absolute Gasteiger partial charge is 0.493 e. The van der Waals surface area contributed by atoms with Gasteiger partial charge in [-0.1, -0.05) is 54.6 Å². The molecule has 0 atom stereocenters. The topological polar surface area (TPSA) is 107 Å². The van der Waals surface area contributed by atoms with Crippen LogP contribution in [0.4, 0.5) is 5.69 Å². The van der Waals surface area contributed by atoms with Gasteiger partial charge in [-0.25, -0.2) is 9.69 Å². The highest BCUT2D eigenvalue weighted by molar-refractivity contribution is 6.29. The predicted molar refractivity (Wildman–Crippen MR) is 116 cm³/mol. The van der Waals surface area contributed by atoms with Gasteiger partial charge in [0.05, 0.1) is 11.4 Å². The predicted octanol–water partition coefficient (Wildman–Crippen LogP) is 2.44. The molecule has 0 radical (unpaired) electrons. The molecule has 8 nitrogen and oxygen atoms in total. The second kappa shape index (κ2) is 8.42. The summed E-state index contributed by atoms with van der Waals surface area (Å²) in [6.45, 7) is 0. The lowest BCUT2D eigenvalue weighted by Gasteiger charge is -2.13. The lowest BCUT2D eigenvalue weighted by Crippen LogP contribution is -2.35. The average Bonchev–Trinajstić information content (AvgIpc) is 3.24. The summed E-state index contributed by atoms with van der Waals surface area (Å²) in [4.78, 5) is 36.7. The molecule has 1 aliphatic rings. The van der Waals surface area contributed by atoms with Gasteiger partial charge in [0.1, 0.15) is 11.1 Å². The molecule has 1 saturated heterocycles. The highest BCUT2D eigenvalue weighted by Crippen LogP contribution is 2.20. The average molecular weight is 414 g/mol. The van der Waals surface area contributed by atoms with Crippen molar-refractivity contribution in [2.24, 2.45) is 0 Å². The number of aromatic hydroxyl groups is 1. The molecule has 2 aromatic carbocycles. The lowest BCUT2D eigenvalue weighted by molar-refractivity contribution is -0.117. The number of aromatic amines is 1. The number of carbonyl (C=O) groups excluding carboxylic acids is 2. The van der Waals surface area contributed by atoms with E-state index in [1.807, 2.05) is 12.1 Å². The third-order valence-electron chi connectivity index (χ3n) is 4.58. The first kappa shape index (κ1) is 19.7. The van der Waals surface area contributed by atoms with Gasteiger partial charge in [-0.2, -0.15) is 0 Å². The van der Waals surface area contributed by atoms with Crippen LogP contribution in [0.3, 0.4) is 0 Å². The van der Waals surface area contributed by atoms with Crippen molar-refractivity contribution in [3.8, 4) is 11.6 Å². The Morgan fingerprint density at radius 1 is 0.806 bits per heavy atom. The third kappa shape index (κ3) is 3.95. The number of aromatic nitrogens is 2. The van der Waals surface area contributed by atoms with Crippen LogP contribution in [0, 0.1) is 0 Å².